The number of urea groups is 1. The molecule has 4 atom stereocenters. The van der Waals surface area contributed by atoms with Crippen molar-refractivity contribution in [3.63, 3.8) is 0 Å². The third-order valence-corrected chi connectivity index (χ3v) is 7.33. The average molecular weight is 566 g/mol. The number of piperidine rings is 1. The van der Waals surface area contributed by atoms with E-state index in [1.165, 1.54) is 4.90 Å². The Labute approximate surface area is 208 Å². The molecule has 14 nitrogen and oxygen atoms in total. The summed E-state index contributed by atoms with van der Waals surface area (Å²) in [6, 6.07) is -1.44. The summed E-state index contributed by atoms with van der Waals surface area (Å²) in [5.41, 5.74) is 2.41. The number of carboxylic acid groups (broad SMARTS) is 1. The maximum atomic E-state index is 12.5. The number of carbonyl (C=O) groups is 3. The van der Waals surface area contributed by atoms with Gasteiger partial charge in [-0.1, -0.05) is 0 Å². The van der Waals surface area contributed by atoms with Crippen LogP contribution in [0.3, 0.4) is 0 Å². The van der Waals surface area contributed by atoms with Crippen LogP contribution in [0.4, 0.5) is 18.0 Å². The van der Waals surface area contributed by atoms with Gasteiger partial charge in [-0.15, -0.1) is 16.0 Å². The smallest absolute Gasteiger partial charge is 0.475 e. The van der Waals surface area contributed by atoms with E-state index in [-0.39, 0.29) is 12.6 Å². The molecular formula is C17H26F3N5O9S2. The van der Waals surface area contributed by atoms with Crippen molar-refractivity contribution < 1.29 is 54.8 Å². The van der Waals surface area contributed by atoms with Crippen LogP contribution in [0.25, 0.3) is 0 Å². The number of fused-ring (bicyclic) bond motifs is 2. The number of carbonyl (C=O) groups excluding carboxylic acids is 2. The van der Waals surface area contributed by atoms with E-state index in [9.17, 15) is 31.2 Å². The van der Waals surface area contributed by atoms with E-state index >= 15 is 0 Å². The number of carboxylic acids is 1. The molecule has 0 aromatic rings. The van der Waals surface area contributed by atoms with Crippen molar-refractivity contribution in [2.75, 3.05) is 37.9 Å². The molecule has 3 amide bonds. The highest BCUT2D eigenvalue weighted by Crippen LogP contribution is 2.30. The molecule has 4 rings (SSSR count). The number of halogens is 3. The second-order valence-electron chi connectivity index (χ2n) is 8.43. The quantitative estimate of drug-likeness (QED) is 0.228. The Morgan fingerprint density at radius 3 is 2.53 bits per heavy atom. The Bertz CT molecular complexity index is 935. The fourth-order valence-corrected chi connectivity index (χ4v) is 5.76. The minimum atomic E-state index is -5.08. The van der Waals surface area contributed by atoms with Gasteiger partial charge in [-0.05, 0) is 19.3 Å². The second kappa shape index (κ2) is 11.7. The molecule has 0 aromatic heterocycles. The molecule has 206 valence electrons. The van der Waals surface area contributed by atoms with E-state index in [1.807, 2.05) is 11.8 Å². The van der Waals surface area contributed by atoms with Gasteiger partial charge >= 0.3 is 28.6 Å². The lowest BCUT2D eigenvalue weighted by Crippen LogP contribution is -2.50. The van der Waals surface area contributed by atoms with Gasteiger partial charge < -0.3 is 15.3 Å². The van der Waals surface area contributed by atoms with Crippen molar-refractivity contribution >= 4 is 40.1 Å². The summed E-state index contributed by atoms with van der Waals surface area (Å²) in [4.78, 5) is 42.8. The molecule has 4 fully saturated rings. The van der Waals surface area contributed by atoms with Gasteiger partial charge in [0.25, 0.3) is 5.91 Å². The Morgan fingerprint density at radius 2 is 1.94 bits per heavy atom. The summed E-state index contributed by atoms with van der Waals surface area (Å²) >= 11 is 1.93. The fourth-order valence-electron chi connectivity index (χ4n) is 4.30. The minimum absolute atomic E-state index is 0.145. The number of aliphatic carboxylic acids is 1. The van der Waals surface area contributed by atoms with E-state index in [4.69, 9.17) is 19.3 Å². The van der Waals surface area contributed by atoms with Crippen LogP contribution in [0.1, 0.15) is 19.3 Å². The molecule has 4 N–H and O–H groups in total. The van der Waals surface area contributed by atoms with Crippen LogP contribution in [0.15, 0.2) is 0 Å². The second-order valence-corrected chi connectivity index (χ2v) is 10.5. The van der Waals surface area contributed by atoms with E-state index in [1.54, 1.807) is 0 Å². The predicted octanol–water partition coefficient (Wildman–Crippen LogP) is -0.593. The average Bonchev–Trinajstić information content (AvgIpc) is 3.51. The number of amides is 3. The molecule has 0 radical (unpaired) electrons. The van der Waals surface area contributed by atoms with E-state index in [2.05, 4.69) is 20.0 Å². The van der Waals surface area contributed by atoms with Gasteiger partial charge in [-0.2, -0.15) is 26.7 Å². The van der Waals surface area contributed by atoms with Gasteiger partial charge in [0.1, 0.15) is 6.04 Å². The van der Waals surface area contributed by atoms with Crippen LogP contribution < -0.4 is 10.8 Å². The zero-order valence-corrected chi connectivity index (χ0v) is 20.4. The molecule has 0 aliphatic carbocycles. The van der Waals surface area contributed by atoms with Crippen LogP contribution >= 0.6 is 11.8 Å². The Morgan fingerprint density at radius 1 is 1.25 bits per heavy atom. The number of hydrogen-bond acceptors (Lipinski definition) is 10. The molecular weight excluding hydrogens is 539 g/mol. The standard InChI is InChI=1S/C15H25N5O7S2.C2HF3O2/c21-14(17-26-8-10-5-12(6-16-10)18-3-4-28-9-18)13-2-1-11-7-19(13)15(22)20(11)27-29(23,24)25;3-2(4,5)1(6)7/h10-13,16H,1-9H2,(H,17,21)(H,23,24,25);(H,6,7)/t10-,11+,12+,13-;/m0./s1. The lowest BCUT2D eigenvalue weighted by atomic mass is 10.0. The zero-order valence-electron chi connectivity index (χ0n) is 18.7. The third kappa shape index (κ3) is 7.56. The van der Waals surface area contributed by atoms with Gasteiger partial charge in [-0.25, -0.2) is 15.1 Å². The molecule has 36 heavy (non-hydrogen) atoms. The number of nitrogens with zero attached hydrogens (tertiary/aromatic N) is 3. The Kier molecular flexibility index (Phi) is 9.28. The van der Waals surface area contributed by atoms with Gasteiger partial charge in [0.2, 0.25) is 0 Å². The zero-order chi connectivity index (χ0) is 26.7. The number of thioether (sulfide) groups is 1. The number of rotatable bonds is 7. The lowest BCUT2D eigenvalue weighted by molar-refractivity contribution is -0.192. The van der Waals surface area contributed by atoms with Crippen LogP contribution in [-0.2, 0) is 29.1 Å². The van der Waals surface area contributed by atoms with E-state index in [0.717, 1.165) is 31.1 Å². The van der Waals surface area contributed by atoms with Crippen molar-refractivity contribution in [2.45, 2.75) is 49.6 Å². The lowest BCUT2D eigenvalue weighted by Gasteiger charge is -2.29. The predicted molar refractivity (Wildman–Crippen MR) is 115 cm³/mol. The van der Waals surface area contributed by atoms with Gasteiger partial charge in [0.05, 0.1) is 12.6 Å². The normalized spacial score (nSPS) is 28.7. The largest absolute Gasteiger partial charge is 0.490 e. The molecule has 0 unspecified atom stereocenters. The van der Waals surface area contributed by atoms with E-state index < -0.39 is 46.6 Å². The number of alkyl halides is 3. The first-order valence-corrected chi connectivity index (χ1v) is 13.3. The van der Waals surface area contributed by atoms with Gasteiger partial charge in [-0.3, -0.25) is 19.1 Å². The molecule has 0 saturated carbocycles. The summed E-state index contributed by atoms with van der Waals surface area (Å²) in [6.07, 6.45) is -3.42. The Hall–Kier alpha value is -1.90. The highest BCUT2D eigenvalue weighted by molar-refractivity contribution is 7.99. The monoisotopic (exact) mass is 565 g/mol. The molecule has 19 heteroatoms. The van der Waals surface area contributed by atoms with Crippen molar-refractivity contribution in [1.29, 1.82) is 0 Å². The number of hydroxylamine groups is 3. The van der Waals surface area contributed by atoms with Gasteiger partial charge in [0, 0.05) is 43.3 Å². The van der Waals surface area contributed by atoms with Crippen molar-refractivity contribution in [1.82, 2.24) is 25.7 Å². The summed E-state index contributed by atoms with van der Waals surface area (Å²) in [5, 5.41) is 11.1. The maximum Gasteiger partial charge on any atom is 0.490 e. The first-order valence-electron chi connectivity index (χ1n) is 10.8. The Balaban J connectivity index is 0.000000454. The highest BCUT2D eigenvalue weighted by Gasteiger charge is 2.49. The minimum Gasteiger partial charge on any atom is -0.475 e. The molecule has 2 bridgehead atoms. The topological polar surface area (TPSA) is 178 Å². The van der Waals surface area contributed by atoms with Crippen LogP contribution in [0.2, 0.25) is 0 Å². The highest BCUT2D eigenvalue weighted by atomic mass is 32.3. The molecule has 0 aromatic carbocycles. The van der Waals surface area contributed by atoms with Crippen LogP contribution in [0.5, 0.6) is 0 Å². The number of hydrogen-bond donors (Lipinski definition) is 4. The van der Waals surface area contributed by atoms with E-state index in [0.29, 0.717) is 30.6 Å². The molecule has 0 spiro atoms. The van der Waals surface area contributed by atoms with Crippen molar-refractivity contribution in [3.05, 3.63) is 0 Å². The number of nitrogens with one attached hydrogen (secondary N) is 2. The SMILES string of the molecule is O=C(NOC[C@@H]1C[C@@H](N2CCSC2)CN1)[C@@H]1CC[C@@H]2CN1C(=O)N2OS(=O)(=O)O.O=C(O)C(F)(F)F. The molecule has 4 aliphatic heterocycles. The third-order valence-electron chi connectivity index (χ3n) is 5.99. The van der Waals surface area contributed by atoms with Crippen LogP contribution in [-0.4, -0.2) is 119 Å². The maximum absolute atomic E-state index is 12.5. The summed E-state index contributed by atoms with van der Waals surface area (Å²) in [6.45, 7) is 2.47. The van der Waals surface area contributed by atoms with Crippen LogP contribution in [0, 0.1) is 0 Å². The molecule has 4 saturated heterocycles. The summed E-state index contributed by atoms with van der Waals surface area (Å²) in [7, 11) is -4.81. The first-order chi connectivity index (χ1) is 16.8. The fraction of sp³-hybridized carbons (Fsp3) is 0.824. The van der Waals surface area contributed by atoms with Crippen molar-refractivity contribution in [2.24, 2.45) is 0 Å². The summed E-state index contributed by atoms with van der Waals surface area (Å²) in [5.74, 6) is -0.997. The molecule has 4 aliphatic rings. The first kappa shape index (κ1) is 28.7. The molecule has 4 heterocycles. The summed E-state index contributed by atoms with van der Waals surface area (Å²) < 4.78 is 66.8. The van der Waals surface area contributed by atoms with Crippen molar-refractivity contribution in [3.8, 4) is 0 Å². The van der Waals surface area contributed by atoms with Gasteiger partial charge in [0.15, 0.2) is 0 Å².